The van der Waals surface area contributed by atoms with Crippen LogP contribution in [0.1, 0.15) is 36.2 Å². The fourth-order valence-corrected chi connectivity index (χ4v) is 3.62. The molecule has 4 nitrogen and oxygen atoms in total. The van der Waals surface area contributed by atoms with Gasteiger partial charge in [-0.2, -0.15) is 0 Å². The second-order valence-electron chi connectivity index (χ2n) is 5.12. The molecule has 3 rings (SSSR count). The number of aromatic nitrogens is 3. The number of aryl methyl sites for hydroxylation is 1. The predicted octanol–water partition coefficient (Wildman–Crippen LogP) is 2.76. The van der Waals surface area contributed by atoms with Gasteiger partial charge >= 0.3 is 0 Å². The van der Waals surface area contributed by atoms with E-state index in [1.54, 1.807) is 11.8 Å². The van der Waals surface area contributed by atoms with Crippen LogP contribution in [0.3, 0.4) is 0 Å². The van der Waals surface area contributed by atoms with Crippen LogP contribution in [0.2, 0.25) is 0 Å². The zero-order valence-corrected chi connectivity index (χ0v) is 12.4. The first-order valence-electron chi connectivity index (χ1n) is 7.20. The summed E-state index contributed by atoms with van der Waals surface area (Å²) in [6, 6.07) is 8.36. The Balaban J connectivity index is 1.74. The normalized spacial score (nSPS) is 14.8. The molecule has 0 amide bonds. The molecule has 0 spiro atoms. The summed E-state index contributed by atoms with van der Waals surface area (Å²) in [7, 11) is 0. The largest absolute Gasteiger partial charge is 0.326 e. The van der Waals surface area contributed by atoms with Crippen molar-refractivity contribution in [1.29, 1.82) is 0 Å². The van der Waals surface area contributed by atoms with Crippen LogP contribution in [0.4, 0.5) is 0 Å². The fraction of sp³-hybridized carbons (Fsp3) is 0.467. The molecule has 1 aliphatic heterocycles. The molecule has 0 bridgehead atoms. The molecule has 0 saturated carbocycles. The highest BCUT2D eigenvalue weighted by molar-refractivity contribution is 7.98. The molecular weight excluding hydrogens is 268 g/mol. The lowest BCUT2D eigenvalue weighted by Crippen LogP contribution is -2.03. The molecule has 106 valence electrons. The van der Waals surface area contributed by atoms with Gasteiger partial charge in [-0.25, -0.2) is 0 Å². The van der Waals surface area contributed by atoms with Crippen molar-refractivity contribution in [1.82, 2.24) is 14.8 Å². The van der Waals surface area contributed by atoms with E-state index in [2.05, 4.69) is 33.0 Å². The molecule has 0 radical (unpaired) electrons. The highest BCUT2D eigenvalue weighted by Crippen LogP contribution is 2.25. The van der Waals surface area contributed by atoms with Gasteiger partial charge in [0, 0.05) is 25.3 Å². The van der Waals surface area contributed by atoms with Gasteiger partial charge in [-0.3, -0.25) is 0 Å². The van der Waals surface area contributed by atoms with Crippen molar-refractivity contribution >= 4 is 11.8 Å². The van der Waals surface area contributed by atoms with Gasteiger partial charge in [0.2, 0.25) is 0 Å². The Hall–Kier alpha value is -1.33. The van der Waals surface area contributed by atoms with Crippen LogP contribution in [0.5, 0.6) is 0 Å². The minimum Gasteiger partial charge on any atom is -0.326 e. The summed E-state index contributed by atoms with van der Waals surface area (Å²) in [5, 5.41) is 9.74. The highest BCUT2D eigenvalue weighted by atomic mass is 32.2. The maximum Gasteiger partial charge on any atom is 0.191 e. The molecule has 1 aliphatic rings. The van der Waals surface area contributed by atoms with Gasteiger partial charge in [0.15, 0.2) is 5.16 Å². The van der Waals surface area contributed by atoms with Gasteiger partial charge in [-0.15, -0.1) is 10.2 Å². The van der Waals surface area contributed by atoms with Gasteiger partial charge in [-0.1, -0.05) is 42.4 Å². The van der Waals surface area contributed by atoms with Crippen molar-refractivity contribution in [2.24, 2.45) is 5.73 Å². The van der Waals surface area contributed by atoms with Crippen LogP contribution >= 0.6 is 11.8 Å². The van der Waals surface area contributed by atoms with Gasteiger partial charge in [-0.05, 0) is 24.0 Å². The second kappa shape index (κ2) is 6.41. The molecule has 0 unspecified atom stereocenters. The van der Waals surface area contributed by atoms with Crippen LogP contribution in [0.15, 0.2) is 29.4 Å². The summed E-state index contributed by atoms with van der Waals surface area (Å²) in [5.74, 6) is 2.06. The van der Waals surface area contributed by atoms with Crippen molar-refractivity contribution in [3.8, 4) is 0 Å². The quantitative estimate of drug-likeness (QED) is 0.879. The van der Waals surface area contributed by atoms with E-state index >= 15 is 0 Å². The molecule has 5 heteroatoms. The first-order valence-corrected chi connectivity index (χ1v) is 8.19. The van der Waals surface area contributed by atoms with Crippen LogP contribution < -0.4 is 5.73 Å². The van der Waals surface area contributed by atoms with Crippen LogP contribution in [-0.2, 0) is 25.3 Å². The number of hydrogen-bond acceptors (Lipinski definition) is 4. The molecule has 2 heterocycles. The van der Waals surface area contributed by atoms with Crippen molar-refractivity contribution in [2.75, 3.05) is 0 Å². The average molecular weight is 288 g/mol. The van der Waals surface area contributed by atoms with Gasteiger partial charge in [0.05, 0.1) is 0 Å². The van der Waals surface area contributed by atoms with E-state index in [4.69, 9.17) is 5.73 Å². The van der Waals surface area contributed by atoms with Gasteiger partial charge in [0.25, 0.3) is 0 Å². The molecule has 0 fully saturated rings. The van der Waals surface area contributed by atoms with E-state index in [-0.39, 0.29) is 0 Å². The highest BCUT2D eigenvalue weighted by Gasteiger charge is 2.15. The maximum absolute atomic E-state index is 5.79. The van der Waals surface area contributed by atoms with Crippen molar-refractivity contribution < 1.29 is 0 Å². The summed E-state index contributed by atoms with van der Waals surface area (Å²) in [4.78, 5) is 0. The molecule has 0 saturated heterocycles. The summed E-state index contributed by atoms with van der Waals surface area (Å²) in [6.45, 7) is 1.65. The van der Waals surface area contributed by atoms with E-state index in [1.807, 2.05) is 6.07 Å². The summed E-state index contributed by atoms with van der Waals surface area (Å²) in [5.41, 5.74) is 8.30. The molecule has 0 aliphatic carbocycles. The average Bonchev–Trinajstić information content (AvgIpc) is 2.72. The first kappa shape index (κ1) is 13.6. The predicted molar refractivity (Wildman–Crippen MR) is 81.5 cm³/mol. The van der Waals surface area contributed by atoms with Gasteiger partial charge in [0.1, 0.15) is 5.82 Å². The molecule has 1 aromatic carbocycles. The zero-order chi connectivity index (χ0) is 13.8. The van der Waals surface area contributed by atoms with Crippen LogP contribution in [0.25, 0.3) is 0 Å². The van der Waals surface area contributed by atoms with Crippen LogP contribution in [0, 0.1) is 0 Å². The summed E-state index contributed by atoms with van der Waals surface area (Å²) >= 11 is 1.77. The third-order valence-corrected chi connectivity index (χ3v) is 4.79. The van der Waals surface area contributed by atoms with Crippen molar-refractivity contribution in [3.63, 3.8) is 0 Å². The van der Waals surface area contributed by atoms with E-state index in [9.17, 15) is 0 Å². The number of benzene rings is 1. The third-order valence-electron chi connectivity index (χ3n) is 3.77. The Labute approximate surface area is 123 Å². The topological polar surface area (TPSA) is 56.7 Å². The Kier molecular flexibility index (Phi) is 4.38. The molecule has 1 aromatic heterocycles. The Morgan fingerprint density at radius 1 is 1.10 bits per heavy atom. The molecule has 2 aromatic rings. The third kappa shape index (κ3) is 2.88. The molecule has 2 N–H and O–H groups in total. The Morgan fingerprint density at radius 3 is 2.80 bits per heavy atom. The fourth-order valence-electron chi connectivity index (χ4n) is 2.60. The number of hydrogen-bond donors (Lipinski definition) is 1. The first-order chi connectivity index (χ1) is 9.88. The van der Waals surface area contributed by atoms with Crippen molar-refractivity contribution in [3.05, 3.63) is 41.2 Å². The van der Waals surface area contributed by atoms with E-state index in [0.29, 0.717) is 6.54 Å². The van der Waals surface area contributed by atoms with Crippen LogP contribution in [-0.4, -0.2) is 14.8 Å². The Bertz CT molecular complexity index is 579. The lowest BCUT2D eigenvalue weighted by Gasteiger charge is -2.08. The van der Waals surface area contributed by atoms with Crippen molar-refractivity contribution in [2.45, 2.75) is 49.7 Å². The maximum atomic E-state index is 5.79. The minimum atomic E-state index is 0.592. The zero-order valence-electron chi connectivity index (χ0n) is 11.6. The second-order valence-corrected chi connectivity index (χ2v) is 6.07. The Morgan fingerprint density at radius 2 is 1.95 bits per heavy atom. The minimum absolute atomic E-state index is 0.592. The number of nitrogens with two attached hydrogens (primary N) is 1. The lowest BCUT2D eigenvalue weighted by molar-refractivity contribution is 0.591. The van der Waals surface area contributed by atoms with E-state index in [1.165, 1.54) is 30.4 Å². The molecule has 20 heavy (non-hydrogen) atoms. The number of nitrogens with zero attached hydrogens (tertiary/aromatic N) is 3. The molecular formula is C15H20N4S. The van der Waals surface area contributed by atoms with E-state index < -0.39 is 0 Å². The smallest absolute Gasteiger partial charge is 0.191 e. The monoisotopic (exact) mass is 288 g/mol. The summed E-state index contributed by atoms with van der Waals surface area (Å²) in [6.07, 6.45) is 4.83. The lowest BCUT2D eigenvalue weighted by atomic mass is 10.1. The van der Waals surface area contributed by atoms with Gasteiger partial charge < -0.3 is 10.3 Å². The standard InChI is InChI=1S/C15H20N4S/c16-10-12-6-3-4-7-13(12)11-20-15-18-17-14-8-2-1-5-9-19(14)15/h3-4,6-7H,1-2,5,8-11,16H2. The SMILES string of the molecule is NCc1ccccc1CSc1nnc2n1CCCCC2. The van der Waals surface area contributed by atoms with E-state index in [0.717, 1.165) is 29.7 Å². The number of fused-ring (bicyclic) bond motifs is 1. The summed E-state index contributed by atoms with van der Waals surface area (Å²) < 4.78 is 2.29. The molecule has 0 atom stereocenters. The number of thioether (sulfide) groups is 1. The number of rotatable bonds is 4.